The molecule has 38 heavy (non-hydrogen) atoms. The lowest BCUT2D eigenvalue weighted by atomic mass is 9.99. The summed E-state index contributed by atoms with van der Waals surface area (Å²) in [5, 5.41) is 18.1. The highest BCUT2D eigenvalue weighted by Crippen LogP contribution is 2.35. The van der Waals surface area contributed by atoms with Crippen LogP contribution >= 0.6 is 34.4 Å². The van der Waals surface area contributed by atoms with Crippen molar-refractivity contribution in [3.63, 3.8) is 0 Å². The molecule has 9 heteroatoms. The van der Waals surface area contributed by atoms with Gasteiger partial charge in [-0.2, -0.15) is 5.26 Å². The van der Waals surface area contributed by atoms with Crippen LogP contribution in [0.15, 0.2) is 88.6 Å². The third-order valence-electron chi connectivity index (χ3n) is 5.66. The Morgan fingerprint density at radius 2 is 1.82 bits per heavy atom. The maximum absolute atomic E-state index is 12.6. The van der Waals surface area contributed by atoms with E-state index in [1.165, 1.54) is 23.1 Å². The fourth-order valence-corrected chi connectivity index (χ4v) is 6.21. The Hall–Kier alpha value is -3.97. The average Bonchev–Trinajstić information content (AvgIpc) is 3.66. The highest BCUT2D eigenvalue weighted by atomic mass is 32.2. The van der Waals surface area contributed by atoms with Gasteiger partial charge in [0, 0.05) is 28.7 Å². The number of hydrogen-bond acceptors (Lipinski definition) is 8. The Labute approximate surface area is 233 Å². The molecule has 0 spiro atoms. The molecule has 0 aliphatic carbocycles. The van der Waals surface area contributed by atoms with Crippen LogP contribution in [-0.4, -0.2) is 28.7 Å². The number of hydrogen-bond donors (Lipinski definition) is 1. The number of thiophene rings is 1. The smallest absolute Gasteiger partial charge is 0.226 e. The molecular weight excluding hydrogens is 533 g/mol. The monoisotopic (exact) mass is 554 g/mol. The quantitative estimate of drug-likeness (QED) is 0.189. The van der Waals surface area contributed by atoms with E-state index in [2.05, 4.69) is 16.4 Å². The number of rotatable bonds is 9. The summed E-state index contributed by atoms with van der Waals surface area (Å²) in [6.07, 6.45) is 0.262. The minimum Gasteiger partial charge on any atom is -0.497 e. The van der Waals surface area contributed by atoms with Gasteiger partial charge in [0.1, 0.15) is 16.8 Å². The molecule has 0 radical (unpaired) electrons. The van der Waals surface area contributed by atoms with Crippen LogP contribution in [0.4, 0.5) is 5.13 Å². The number of anilines is 1. The number of benzene rings is 2. The Bertz CT molecular complexity index is 1570. The third-order valence-corrected chi connectivity index (χ3v) is 8.29. The van der Waals surface area contributed by atoms with Gasteiger partial charge in [-0.1, -0.05) is 48.5 Å². The predicted octanol–water partition coefficient (Wildman–Crippen LogP) is 7.60. The average molecular weight is 555 g/mol. The number of methoxy groups -OCH3 is 1. The van der Waals surface area contributed by atoms with Crippen molar-refractivity contribution < 1.29 is 9.53 Å². The molecule has 0 saturated carbocycles. The van der Waals surface area contributed by atoms with Gasteiger partial charge in [0.25, 0.3) is 0 Å². The first-order valence-electron chi connectivity index (χ1n) is 11.7. The third kappa shape index (κ3) is 5.94. The number of nitriles is 1. The molecule has 2 aromatic carbocycles. The number of ether oxygens (including phenoxy) is 1. The van der Waals surface area contributed by atoms with Crippen molar-refractivity contribution in [2.45, 2.75) is 11.4 Å². The van der Waals surface area contributed by atoms with Gasteiger partial charge >= 0.3 is 0 Å². The van der Waals surface area contributed by atoms with Crippen LogP contribution in [-0.2, 0) is 4.79 Å². The zero-order chi connectivity index (χ0) is 26.3. The van der Waals surface area contributed by atoms with E-state index in [9.17, 15) is 10.1 Å². The molecule has 5 rings (SSSR count). The summed E-state index contributed by atoms with van der Waals surface area (Å²) >= 11 is 4.42. The topological polar surface area (TPSA) is 87.9 Å². The second-order valence-electron chi connectivity index (χ2n) is 8.10. The van der Waals surface area contributed by atoms with Gasteiger partial charge < -0.3 is 10.1 Å². The first kappa shape index (κ1) is 25.7. The zero-order valence-corrected chi connectivity index (χ0v) is 22.8. The van der Waals surface area contributed by atoms with E-state index in [1.54, 1.807) is 18.4 Å². The van der Waals surface area contributed by atoms with Crippen molar-refractivity contribution in [2.24, 2.45) is 0 Å². The van der Waals surface area contributed by atoms with Crippen molar-refractivity contribution in [3.05, 3.63) is 89.1 Å². The number of nitrogens with one attached hydrogen (secondary N) is 1. The number of amides is 1. The molecule has 0 aliphatic rings. The summed E-state index contributed by atoms with van der Waals surface area (Å²) in [4.78, 5) is 23.0. The number of pyridine rings is 1. The maximum atomic E-state index is 12.6. The summed E-state index contributed by atoms with van der Waals surface area (Å²) in [6, 6.07) is 25.7. The number of thiazole rings is 1. The van der Waals surface area contributed by atoms with Crippen LogP contribution in [0, 0.1) is 11.3 Å². The Morgan fingerprint density at radius 1 is 1.00 bits per heavy atom. The maximum Gasteiger partial charge on any atom is 0.226 e. The predicted molar refractivity (Wildman–Crippen MR) is 156 cm³/mol. The lowest BCUT2D eigenvalue weighted by molar-refractivity contribution is -0.115. The molecule has 0 fully saturated rings. The fourth-order valence-electron chi connectivity index (χ4n) is 3.78. The molecular formula is C29H22N4O2S3. The highest BCUT2D eigenvalue weighted by Gasteiger charge is 2.17. The first-order valence-corrected chi connectivity index (χ1v) is 14.5. The summed E-state index contributed by atoms with van der Waals surface area (Å²) in [5.41, 5.74) is 4.76. The molecule has 6 nitrogen and oxygen atoms in total. The number of nitrogens with zero attached hydrogens (tertiary/aromatic N) is 3. The van der Waals surface area contributed by atoms with Crippen molar-refractivity contribution in [2.75, 3.05) is 18.2 Å². The number of aromatic nitrogens is 2. The standard InChI is InChI=1S/C29H22N4O2S3/c1-35-21-11-9-19(10-12-21)22-16-24(20-6-3-2-4-7-20)31-28(23(22)17-30)37-15-13-27(34)33-29-32-25(18-38-29)26-8-5-14-36-26/h2-12,14,16,18H,13,15H2,1H3,(H,32,33,34). The Kier molecular flexibility index (Phi) is 8.14. The molecule has 0 atom stereocenters. The molecule has 3 aromatic heterocycles. The molecule has 1 N–H and O–H groups in total. The highest BCUT2D eigenvalue weighted by molar-refractivity contribution is 7.99. The lowest BCUT2D eigenvalue weighted by Crippen LogP contribution is -2.12. The minimum atomic E-state index is -0.127. The molecule has 3 heterocycles. The second kappa shape index (κ2) is 12.0. The summed E-state index contributed by atoms with van der Waals surface area (Å²) < 4.78 is 5.29. The zero-order valence-electron chi connectivity index (χ0n) is 20.4. The number of carbonyl (C=O) groups excluding carboxylic acids is 1. The molecule has 5 aromatic rings. The Morgan fingerprint density at radius 3 is 2.53 bits per heavy atom. The van der Waals surface area contributed by atoms with Crippen LogP contribution in [0.2, 0.25) is 0 Å². The van der Waals surface area contributed by atoms with Crippen LogP contribution in [0.25, 0.3) is 33.0 Å². The van der Waals surface area contributed by atoms with Gasteiger partial charge in [-0.05, 0) is 35.2 Å². The number of thioether (sulfide) groups is 1. The van der Waals surface area contributed by atoms with Crippen LogP contribution in [0.3, 0.4) is 0 Å². The van der Waals surface area contributed by atoms with Gasteiger partial charge in [-0.25, -0.2) is 9.97 Å². The summed E-state index contributed by atoms with van der Waals surface area (Å²) in [7, 11) is 1.62. The molecule has 1 amide bonds. The largest absolute Gasteiger partial charge is 0.497 e. The Balaban J connectivity index is 1.35. The number of carbonyl (C=O) groups is 1. The fraction of sp³-hybridized carbons (Fsp3) is 0.103. The van der Waals surface area contributed by atoms with E-state index >= 15 is 0 Å². The van der Waals surface area contributed by atoms with Crippen LogP contribution in [0.1, 0.15) is 12.0 Å². The van der Waals surface area contributed by atoms with E-state index in [-0.39, 0.29) is 12.3 Å². The van der Waals surface area contributed by atoms with E-state index in [1.807, 2.05) is 83.6 Å². The van der Waals surface area contributed by atoms with E-state index in [4.69, 9.17) is 9.72 Å². The van der Waals surface area contributed by atoms with Gasteiger partial charge in [-0.3, -0.25) is 4.79 Å². The van der Waals surface area contributed by atoms with Crippen molar-refractivity contribution in [3.8, 4) is 44.8 Å². The first-order chi connectivity index (χ1) is 18.6. The summed E-state index contributed by atoms with van der Waals surface area (Å²) in [5.74, 6) is 1.09. The van der Waals surface area contributed by atoms with E-state index < -0.39 is 0 Å². The lowest BCUT2D eigenvalue weighted by Gasteiger charge is -2.13. The summed E-state index contributed by atoms with van der Waals surface area (Å²) in [6.45, 7) is 0. The SMILES string of the molecule is COc1ccc(-c2cc(-c3ccccc3)nc(SCCC(=O)Nc3nc(-c4cccs4)cs3)c2C#N)cc1. The van der Waals surface area contributed by atoms with Gasteiger partial charge in [0.2, 0.25) is 5.91 Å². The van der Waals surface area contributed by atoms with Crippen molar-refractivity contribution in [1.82, 2.24) is 9.97 Å². The molecule has 0 aliphatic heterocycles. The molecule has 0 unspecified atom stereocenters. The van der Waals surface area contributed by atoms with Gasteiger partial charge in [-0.15, -0.1) is 34.4 Å². The van der Waals surface area contributed by atoms with Gasteiger partial charge in [0.15, 0.2) is 5.13 Å². The van der Waals surface area contributed by atoms with Crippen LogP contribution < -0.4 is 10.1 Å². The molecule has 188 valence electrons. The van der Waals surface area contributed by atoms with E-state index in [0.717, 1.165) is 38.7 Å². The van der Waals surface area contributed by atoms with E-state index in [0.29, 0.717) is 21.5 Å². The molecule has 0 saturated heterocycles. The minimum absolute atomic E-state index is 0.127. The normalized spacial score (nSPS) is 10.6. The van der Waals surface area contributed by atoms with Crippen molar-refractivity contribution in [1.29, 1.82) is 5.26 Å². The van der Waals surface area contributed by atoms with Crippen molar-refractivity contribution >= 4 is 45.5 Å². The van der Waals surface area contributed by atoms with Crippen LogP contribution in [0.5, 0.6) is 5.75 Å². The molecule has 0 bridgehead atoms. The van der Waals surface area contributed by atoms with Gasteiger partial charge in [0.05, 0.1) is 28.9 Å². The second-order valence-corrected chi connectivity index (χ2v) is 11.0.